The van der Waals surface area contributed by atoms with Gasteiger partial charge in [-0.05, 0) is 37.3 Å². The van der Waals surface area contributed by atoms with Crippen LogP contribution in [0.25, 0.3) is 11.0 Å². The first kappa shape index (κ1) is 9.27. The molecule has 2 bridgehead atoms. The van der Waals surface area contributed by atoms with E-state index in [0.29, 0.717) is 11.9 Å². The van der Waals surface area contributed by atoms with Gasteiger partial charge in [0.2, 0.25) is 0 Å². The van der Waals surface area contributed by atoms with E-state index in [4.69, 9.17) is 5.73 Å². The number of hydrogen-bond donors (Lipinski definition) is 2. The van der Waals surface area contributed by atoms with Crippen molar-refractivity contribution in [3.63, 3.8) is 0 Å². The molecule has 1 aliphatic heterocycles. The molecule has 17 heavy (non-hydrogen) atoms. The second-order valence-electron chi connectivity index (χ2n) is 5.16. The van der Waals surface area contributed by atoms with E-state index in [1.807, 2.05) is 6.07 Å². The quantitative estimate of drug-likeness (QED) is 0.778. The molecule has 2 aliphatic rings. The first-order valence-electron chi connectivity index (χ1n) is 6.18. The van der Waals surface area contributed by atoms with E-state index < -0.39 is 0 Å². The van der Waals surface area contributed by atoms with Gasteiger partial charge in [-0.2, -0.15) is 5.10 Å². The maximum atomic E-state index is 5.74. The van der Waals surface area contributed by atoms with Crippen LogP contribution >= 0.6 is 0 Å². The van der Waals surface area contributed by atoms with Gasteiger partial charge >= 0.3 is 0 Å². The van der Waals surface area contributed by atoms with Gasteiger partial charge in [0.1, 0.15) is 5.82 Å². The molecule has 2 aromatic heterocycles. The standard InChI is InChI=1S/C12H15N5/c13-11-9-3-4-10(14-12(9)16-15-11)17-6-7-1-2-8(17)5-7/h3-4,7-8H,1-2,5-6H2,(H3,13,14,15,16). The summed E-state index contributed by atoms with van der Waals surface area (Å²) in [7, 11) is 0. The van der Waals surface area contributed by atoms with Gasteiger partial charge in [-0.15, -0.1) is 0 Å². The number of aromatic amines is 1. The third-order valence-corrected chi connectivity index (χ3v) is 4.14. The van der Waals surface area contributed by atoms with Crippen molar-refractivity contribution in [3.05, 3.63) is 12.1 Å². The highest BCUT2D eigenvalue weighted by Gasteiger charge is 2.38. The lowest BCUT2D eigenvalue weighted by molar-refractivity contribution is 0.551. The van der Waals surface area contributed by atoms with E-state index >= 15 is 0 Å². The molecule has 0 amide bonds. The zero-order chi connectivity index (χ0) is 11.4. The van der Waals surface area contributed by atoms with Crippen LogP contribution < -0.4 is 10.6 Å². The Morgan fingerprint density at radius 2 is 2.29 bits per heavy atom. The fraction of sp³-hybridized carbons (Fsp3) is 0.500. The van der Waals surface area contributed by atoms with E-state index in [1.54, 1.807) is 0 Å². The second-order valence-corrected chi connectivity index (χ2v) is 5.16. The van der Waals surface area contributed by atoms with E-state index in [0.717, 1.165) is 29.3 Å². The molecule has 3 heterocycles. The number of nitrogen functional groups attached to an aromatic ring is 1. The lowest BCUT2D eigenvalue weighted by Gasteiger charge is -2.27. The Hall–Kier alpha value is -1.78. The molecule has 1 saturated heterocycles. The van der Waals surface area contributed by atoms with Gasteiger partial charge in [-0.1, -0.05) is 0 Å². The van der Waals surface area contributed by atoms with Gasteiger partial charge in [-0.25, -0.2) is 4.98 Å². The lowest BCUT2D eigenvalue weighted by Crippen LogP contribution is -2.32. The average molecular weight is 229 g/mol. The van der Waals surface area contributed by atoms with Crippen molar-refractivity contribution in [2.75, 3.05) is 17.2 Å². The normalized spacial score (nSPS) is 27.2. The summed E-state index contributed by atoms with van der Waals surface area (Å²) < 4.78 is 0. The van der Waals surface area contributed by atoms with E-state index in [9.17, 15) is 0 Å². The Balaban J connectivity index is 1.76. The predicted octanol–water partition coefficient (Wildman–Crippen LogP) is 1.53. The van der Waals surface area contributed by atoms with Crippen molar-refractivity contribution in [3.8, 4) is 0 Å². The minimum Gasteiger partial charge on any atom is -0.382 e. The summed E-state index contributed by atoms with van der Waals surface area (Å²) in [5.41, 5.74) is 6.54. The number of anilines is 2. The Labute approximate surface area is 99.0 Å². The second kappa shape index (κ2) is 3.12. The van der Waals surface area contributed by atoms with Crippen molar-refractivity contribution in [1.29, 1.82) is 0 Å². The zero-order valence-electron chi connectivity index (χ0n) is 9.56. The third kappa shape index (κ3) is 1.25. The maximum absolute atomic E-state index is 5.74. The Morgan fingerprint density at radius 3 is 3.06 bits per heavy atom. The Bertz CT molecular complexity index is 575. The molecule has 2 aromatic rings. The molecule has 2 atom stereocenters. The van der Waals surface area contributed by atoms with Crippen molar-refractivity contribution < 1.29 is 0 Å². The van der Waals surface area contributed by atoms with Crippen LogP contribution in [0, 0.1) is 5.92 Å². The molecule has 4 rings (SSSR count). The number of nitrogens with two attached hydrogens (primary N) is 1. The van der Waals surface area contributed by atoms with Crippen molar-refractivity contribution in [1.82, 2.24) is 15.2 Å². The number of aromatic nitrogens is 3. The predicted molar refractivity (Wildman–Crippen MR) is 66.8 cm³/mol. The van der Waals surface area contributed by atoms with Gasteiger partial charge < -0.3 is 10.6 Å². The molecule has 0 radical (unpaired) electrons. The summed E-state index contributed by atoms with van der Waals surface area (Å²) in [6.45, 7) is 1.16. The number of nitrogens with zero attached hydrogens (tertiary/aromatic N) is 3. The fourth-order valence-electron chi connectivity index (χ4n) is 3.28. The van der Waals surface area contributed by atoms with Crippen molar-refractivity contribution in [2.45, 2.75) is 25.3 Å². The van der Waals surface area contributed by atoms with Crippen molar-refractivity contribution in [2.24, 2.45) is 5.92 Å². The molecule has 5 heteroatoms. The van der Waals surface area contributed by atoms with Crippen LogP contribution in [0.2, 0.25) is 0 Å². The van der Waals surface area contributed by atoms with Crippen LogP contribution in [0.3, 0.4) is 0 Å². The molecule has 5 nitrogen and oxygen atoms in total. The Morgan fingerprint density at radius 1 is 1.35 bits per heavy atom. The summed E-state index contributed by atoms with van der Waals surface area (Å²) in [4.78, 5) is 7.06. The highest BCUT2D eigenvalue weighted by atomic mass is 15.3. The van der Waals surface area contributed by atoms with Crippen LogP contribution in [0.1, 0.15) is 19.3 Å². The number of pyridine rings is 1. The first-order valence-corrected chi connectivity index (χ1v) is 6.18. The molecule has 2 unspecified atom stereocenters. The van der Waals surface area contributed by atoms with Gasteiger partial charge in [0.05, 0.1) is 5.39 Å². The van der Waals surface area contributed by atoms with Gasteiger partial charge in [0.15, 0.2) is 11.5 Å². The smallest absolute Gasteiger partial charge is 0.159 e. The van der Waals surface area contributed by atoms with Crippen molar-refractivity contribution >= 4 is 22.7 Å². The van der Waals surface area contributed by atoms with E-state index in [1.165, 1.54) is 19.3 Å². The molecular weight excluding hydrogens is 214 g/mol. The molecule has 88 valence electrons. The third-order valence-electron chi connectivity index (χ3n) is 4.14. The molecule has 1 aliphatic carbocycles. The number of nitrogens with one attached hydrogen (secondary N) is 1. The van der Waals surface area contributed by atoms with E-state index in [2.05, 4.69) is 26.1 Å². The van der Waals surface area contributed by atoms with Gasteiger partial charge in [-0.3, -0.25) is 5.10 Å². The lowest BCUT2D eigenvalue weighted by atomic mass is 10.1. The first-order chi connectivity index (χ1) is 8.31. The van der Waals surface area contributed by atoms with Crippen LogP contribution in [-0.2, 0) is 0 Å². The summed E-state index contributed by atoms with van der Waals surface area (Å²) in [6.07, 6.45) is 4.04. The topological polar surface area (TPSA) is 70.8 Å². The molecular formula is C12H15N5. The largest absolute Gasteiger partial charge is 0.382 e. The molecule has 2 fully saturated rings. The highest BCUT2D eigenvalue weighted by molar-refractivity contribution is 5.86. The molecule has 3 N–H and O–H groups in total. The van der Waals surface area contributed by atoms with Crippen LogP contribution in [0.5, 0.6) is 0 Å². The van der Waals surface area contributed by atoms with E-state index in [-0.39, 0.29) is 0 Å². The fourth-order valence-corrected chi connectivity index (χ4v) is 3.28. The highest BCUT2D eigenvalue weighted by Crippen LogP contribution is 2.39. The minimum atomic E-state index is 0.530. The summed E-state index contributed by atoms with van der Waals surface area (Å²) in [5, 5.41) is 7.78. The summed E-state index contributed by atoms with van der Waals surface area (Å²) in [6, 6.07) is 4.78. The van der Waals surface area contributed by atoms with Crippen LogP contribution in [-0.4, -0.2) is 27.8 Å². The number of hydrogen-bond acceptors (Lipinski definition) is 4. The minimum absolute atomic E-state index is 0.530. The zero-order valence-corrected chi connectivity index (χ0v) is 9.56. The van der Waals surface area contributed by atoms with Crippen LogP contribution in [0.15, 0.2) is 12.1 Å². The number of piperidine rings is 1. The number of fused-ring (bicyclic) bond motifs is 3. The van der Waals surface area contributed by atoms with Gasteiger partial charge in [0, 0.05) is 12.6 Å². The van der Waals surface area contributed by atoms with Gasteiger partial charge in [0.25, 0.3) is 0 Å². The number of H-pyrrole nitrogens is 1. The summed E-state index contributed by atoms with van der Waals surface area (Å²) in [5.74, 6) is 2.47. The SMILES string of the molecule is Nc1n[nH]c2nc(N3CC4CCC3C4)ccc12. The average Bonchev–Trinajstić information content (AvgIpc) is 3.04. The number of rotatable bonds is 1. The monoisotopic (exact) mass is 229 g/mol. The molecule has 1 saturated carbocycles. The maximum Gasteiger partial charge on any atom is 0.159 e. The molecule has 0 spiro atoms. The van der Waals surface area contributed by atoms with Crippen LogP contribution in [0.4, 0.5) is 11.6 Å². The Kier molecular flexibility index (Phi) is 1.70. The molecule has 0 aromatic carbocycles. The summed E-state index contributed by atoms with van der Waals surface area (Å²) >= 11 is 0.